The maximum absolute atomic E-state index is 13.6. The number of ketones is 1. The topological polar surface area (TPSA) is 43.4 Å². The molecule has 3 heteroatoms. The second-order valence-electron chi connectivity index (χ2n) is 9.07. The third kappa shape index (κ3) is 5.38. The minimum Gasteiger partial charge on any atom is -0.459 e. The first kappa shape index (κ1) is 23.9. The highest BCUT2D eigenvalue weighted by atomic mass is 16.5. The Balaban J connectivity index is 2.48. The van der Waals surface area contributed by atoms with Crippen molar-refractivity contribution in [2.24, 2.45) is 0 Å². The van der Waals surface area contributed by atoms with Crippen LogP contribution < -0.4 is 0 Å². The molecule has 0 aliphatic rings. The number of ether oxygens (including phenoxy) is 1. The predicted molar refractivity (Wildman–Crippen MR) is 124 cm³/mol. The van der Waals surface area contributed by atoms with Crippen LogP contribution in [0.5, 0.6) is 0 Å². The molecule has 0 fully saturated rings. The van der Waals surface area contributed by atoms with Crippen molar-refractivity contribution in [2.45, 2.75) is 85.7 Å². The zero-order valence-corrected chi connectivity index (χ0v) is 19.7. The molecule has 0 saturated heterocycles. The van der Waals surface area contributed by atoms with Gasteiger partial charge in [-0.2, -0.15) is 0 Å². The molecule has 2 aromatic rings. The summed E-state index contributed by atoms with van der Waals surface area (Å²) in [5.74, 6) is 0.546. The normalized spacial score (nSPS) is 12.5. The Kier molecular flexibility index (Phi) is 8.00. The molecule has 0 saturated carbocycles. The van der Waals surface area contributed by atoms with Gasteiger partial charge in [0.2, 0.25) is 0 Å². The maximum atomic E-state index is 13.6. The number of esters is 1. The Morgan fingerprint density at radius 3 is 1.63 bits per heavy atom. The van der Waals surface area contributed by atoms with Crippen LogP contribution in [-0.4, -0.2) is 17.9 Å². The van der Waals surface area contributed by atoms with Gasteiger partial charge < -0.3 is 4.74 Å². The summed E-state index contributed by atoms with van der Waals surface area (Å²) in [4.78, 5) is 25.8. The van der Waals surface area contributed by atoms with Gasteiger partial charge in [0.05, 0.1) is 11.7 Å². The highest BCUT2D eigenvalue weighted by Crippen LogP contribution is 2.33. The number of carbonyl (C=O) groups excluding carboxylic acids is 2. The summed E-state index contributed by atoms with van der Waals surface area (Å²) >= 11 is 0. The van der Waals surface area contributed by atoms with Crippen LogP contribution in [0.4, 0.5) is 0 Å². The zero-order chi connectivity index (χ0) is 22.6. The summed E-state index contributed by atoms with van der Waals surface area (Å²) in [5, 5.41) is 0. The van der Waals surface area contributed by atoms with Gasteiger partial charge in [0.1, 0.15) is 0 Å². The lowest BCUT2D eigenvalue weighted by molar-refractivity contribution is 0.0334. The monoisotopic (exact) mass is 408 g/mol. The number of hydrogen-bond acceptors (Lipinski definition) is 3. The molecule has 0 aliphatic heterocycles. The summed E-state index contributed by atoms with van der Waals surface area (Å²) in [5.41, 5.74) is 5.32. The Morgan fingerprint density at radius 1 is 0.767 bits per heavy atom. The van der Waals surface area contributed by atoms with E-state index < -0.39 is 0 Å². The lowest BCUT2D eigenvalue weighted by atomic mass is 9.81. The third-order valence-electron chi connectivity index (χ3n) is 5.63. The van der Waals surface area contributed by atoms with Crippen molar-refractivity contribution >= 4 is 11.8 Å². The molecule has 0 unspecified atom stereocenters. The van der Waals surface area contributed by atoms with E-state index >= 15 is 0 Å². The van der Waals surface area contributed by atoms with E-state index in [4.69, 9.17) is 4.74 Å². The highest BCUT2D eigenvalue weighted by molar-refractivity contribution is 6.11. The predicted octanol–water partition coefficient (Wildman–Crippen LogP) is 7.24. The van der Waals surface area contributed by atoms with Gasteiger partial charge in [-0.05, 0) is 59.9 Å². The van der Waals surface area contributed by atoms with Crippen LogP contribution in [0.3, 0.4) is 0 Å². The number of rotatable bonds is 8. The molecule has 0 heterocycles. The average Bonchev–Trinajstić information content (AvgIpc) is 2.71. The first-order chi connectivity index (χ1) is 14.1. The van der Waals surface area contributed by atoms with Crippen molar-refractivity contribution < 1.29 is 14.3 Å². The van der Waals surface area contributed by atoms with Gasteiger partial charge in [-0.3, -0.25) is 4.79 Å². The second kappa shape index (κ2) is 10.1. The molecule has 0 amide bonds. The van der Waals surface area contributed by atoms with Crippen LogP contribution in [0, 0.1) is 0 Å². The first-order valence-electron chi connectivity index (χ1n) is 11.1. The largest absolute Gasteiger partial charge is 0.459 e. The second-order valence-corrected chi connectivity index (χ2v) is 9.07. The fourth-order valence-corrected chi connectivity index (χ4v) is 3.45. The molecule has 3 nitrogen and oxygen atoms in total. The smallest absolute Gasteiger partial charge is 0.338 e. The van der Waals surface area contributed by atoms with Crippen molar-refractivity contribution in [3.63, 3.8) is 0 Å². The van der Waals surface area contributed by atoms with Gasteiger partial charge in [0, 0.05) is 11.1 Å². The van der Waals surface area contributed by atoms with Crippen LogP contribution >= 0.6 is 0 Å². The molecule has 1 atom stereocenters. The van der Waals surface area contributed by atoms with E-state index in [1.165, 1.54) is 5.56 Å². The lowest BCUT2D eigenvalue weighted by Gasteiger charge is -2.22. The fourth-order valence-electron chi connectivity index (χ4n) is 3.45. The summed E-state index contributed by atoms with van der Waals surface area (Å²) in [6, 6.07) is 11.2. The van der Waals surface area contributed by atoms with E-state index in [1.54, 1.807) is 24.3 Å². The van der Waals surface area contributed by atoms with Gasteiger partial charge in [-0.25, -0.2) is 4.79 Å². The standard InChI is InChI=1S/C27H36O3/c1-9-19(8)30-27(29)21-12-10-20(11-13-21)26(28)25-23(17(4)5)14-22(16(2)3)15-24(25)18(6)7/h10-19H,9H2,1-8H3/t19-/m1/s1. The van der Waals surface area contributed by atoms with Gasteiger partial charge in [0.15, 0.2) is 5.78 Å². The molecular weight excluding hydrogens is 372 g/mol. The third-order valence-corrected chi connectivity index (χ3v) is 5.63. The molecule has 0 spiro atoms. The minimum atomic E-state index is -0.352. The van der Waals surface area contributed by atoms with E-state index in [0.29, 0.717) is 17.0 Å². The van der Waals surface area contributed by atoms with Crippen molar-refractivity contribution in [2.75, 3.05) is 0 Å². The van der Waals surface area contributed by atoms with E-state index in [9.17, 15) is 9.59 Å². The highest BCUT2D eigenvalue weighted by Gasteiger charge is 2.23. The van der Waals surface area contributed by atoms with Crippen molar-refractivity contribution in [3.8, 4) is 0 Å². The SMILES string of the molecule is CC[C@@H](C)OC(=O)c1ccc(C(=O)c2c(C(C)C)cc(C(C)C)cc2C(C)C)cc1. The molecule has 0 radical (unpaired) electrons. The summed E-state index contributed by atoms with van der Waals surface area (Å²) < 4.78 is 5.38. The fraction of sp³-hybridized carbons (Fsp3) is 0.481. The number of benzene rings is 2. The van der Waals surface area contributed by atoms with Crippen LogP contribution in [0.1, 0.15) is 123 Å². The van der Waals surface area contributed by atoms with Crippen molar-refractivity contribution in [1.29, 1.82) is 0 Å². The Bertz CT molecular complexity index is 860. The first-order valence-corrected chi connectivity index (χ1v) is 11.1. The Morgan fingerprint density at radius 2 is 1.23 bits per heavy atom. The van der Waals surface area contributed by atoms with E-state index in [1.807, 2.05) is 13.8 Å². The molecule has 30 heavy (non-hydrogen) atoms. The zero-order valence-electron chi connectivity index (χ0n) is 19.7. The molecule has 2 rings (SSSR count). The molecular formula is C27H36O3. The van der Waals surface area contributed by atoms with Gasteiger partial charge in [0.25, 0.3) is 0 Å². The van der Waals surface area contributed by atoms with Crippen LogP contribution in [-0.2, 0) is 4.74 Å². The average molecular weight is 409 g/mol. The van der Waals surface area contributed by atoms with Gasteiger partial charge >= 0.3 is 5.97 Å². The molecule has 162 valence electrons. The lowest BCUT2D eigenvalue weighted by Crippen LogP contribution is -2.15. The van der Waals surface area contributed by atoms with Crippen LogP contribution in [0.25, 0.3) is 0 Å². The summed E-state index contributed by atoms with van der Waals surface area (Å²) in [6.07, 6.45) is 0.644. The molecule has 0 aromatic heterocycles. The van der Waals surface area contributed by atoms with Crippen molar-refractivity contribution in [1.82, 2.24) is 0 Å². The molecule has 2 aromatic carbocycles. The van der Waals surface area contributed by atoms with Gasteiger partial charge in [-0.15, -0.1) is 0 Å². The molecule has 0 aliphatic carbocycles. The van der Waals surface area contributed by atoms with E-state index in [0.717, 1.165) is 23.1 Å². The van der Waals surface area contributed by atoms with Crippen LogP contribution in [0.15, 0.2) is 36.4 Å². The van der Waals surface area contributed by atoms with E-state index in [-0.39, 0.29) is 29.7 Å². The summed E-state index contributed by atoms with van der Waals surface area (Å²) in [6.45, 7) is 16.7. The quantitative estimate of drug-likeness (QED) is 0.341. The van der Waals surface area contributed by atoms with Crippen LogP contribution in [0.2, 0.25) is 0 Å². The van der Waals surface area contributed by atoms with Crippen molar-refractivity contribution in [3.05, 3.63) is 69.8 Å². The summed E-state index contributed by atoms with van der Waals surface area (Å²) in [7, 11) is 0. The number of carbonyl (C=O) groups is 2. The Labute approximate surface area is 181 Å². The molecule has 0 bridgehead atoms. The minimum absolute atomic E-state index is 0.0135. The number of hydrogen-bond donors (Lipinski definition) is 0. The van der Waals surface area contributed by atoms with Gasteiger partial charge in [-0.1, -0.05) is 72.7 Å². The Hall–Kier alpha value is -2.42. The molecule has 0 N–H and O–H groups in total. The van der Waals surface area contributed by atoms with E-state index in [2.05, 4.69) is 53.7 Å². The maximum Gasteiger partial charge on any atom is 0.338 e.